The third kappa shape index (κ3) is 9.46. The molecule has 56 heavy (non-hydrogen) atoms. The summed E-state index contributed by atoms with van der Waals surface area (Å²) in [6.45, 7) is 15.5. The van der Waals surface area contributed by atoms with E-state index in [0.29, 0.717) is 48.7 Å². The molecule has 1 aliphatic carbocycles. The first-order chi connectivity index (χ1) is 26.1. The van der Waals surface area contributed by atoms with Gasteiger partial charge in [0.15, 0.2) is 11.5 Å². The smallest absolute Gasteiger partial charge is 0.407 e. The van der Waals surface area contributed by atoms with Crippen molar-refractivity contribution in [3.05, 3.63) is 35.4 Å². The standard InChI is InChI=1S/C40H61N5O10S/c1-11-26-19-40(26,35(48)43-56(10,51)24(2)3)42-33(46)29-18-27-21-45(29)34(47)32(38(4,5)6)41-36(49)54-23-39(7,8)16-12-13-17-53-31-28-22-44(37(50)55-27)20-25(28)14-15-30(31)52-9/h12-15,26-27,29,32,37,50H,11,16-23H2,1-10H3,(H,41,49)(H,42,46)(H,43,48,51). The molecule has 1 aromatic carbocycles. The van der Waals surface area contributed by atoms with Crippen molar-refractivity contribution in [2.24, 2.45) is 16.7 Å². The van der Waals surface area contributed by atoms with Crippen LogP contribution in [0.2, 0.25) is 0 Å². The molecule has 4 aliphatic rings. The number of carbonyl (C=O) groups excluding carboxylic acids is 4. The number of fused-ring (bicyclic) bond motifs is 3. The number of ether oxygens (including phenoxy) is 4. The average molecular weight is 804 g/mol. The predicted octanol–water partition coefficient (Wildman–Crippen LogP) is 3.22. The number of amides is 4. The Hall–Kier alpha value is -3.86. The summed E-state index contributed by atoms with van der Waals surface area (Å²) in [7, 11) is -1.27. The normalized spacial score (nSPS) is 30.4. The number of aliphatic hydroxyl groups excluding tert-OH is 1. The van der Waals surface area contributed by atoms with Crippen LogP contribution in [0.1, 0.15) is 92.2 Å². The number of allylic oxidation sites excluding steroid dienone is 1. The van der Waals surface area contributed by atoms with Crippen LogP contribution in [0.15, 0.2) is 24.3 Å². The molecule has 0 spiro atoms. The lowest BCUT2D eigenvalue weighted by Crippen LogP contribution is -2.60. The van der Waals surface area contributed by atoms with Crippen LogP contribution in [0.5, 0.6) is 11.5 Å². The summed E-state index contributed by atoms with van der Waals surface area (Å²) in [5.41, 5.74) is -0.792. The molecule has 4 N–H and O–H groups in total. The zero-order chi connectivity index (χ0) is 41.4. The van der Waals surface area contributed by atoms with Gasteiger partial charge < -0.3 is 39.6 Å². The number of rotatable bonds is 6. The predicted molar refractivity (Wildman–Crippen MR) is 212 cm³/mol. The molecule has 0 aromatic heterocycles. The zero-order valence-electron chi connectivity index (χ0n) is 34.5. The van der Waals surface area contributed by atoms with Gasteiger partial charge in [-0.15, -0.1) is 0 Å². The minimum Gasteiger partial charge on any atom is -0.493 e. The van der Waals surface area contributed by atoms with Gasteiger partial charge in [0.2, 0.25) is 18.2 Å². The van der Waals surface area contributed by atoms with Crippen LogP contribution in [0.3, 0.4) is 0 Å². The highest BCUT2D eigenvalue weighted by molar-refractivity contribution is 8.00. The Bertz CT molecular complexity index is 1850. The molecule has 15 nitrogen and oxygen atoms in total. The van der Waals surface area contributed by atoms with Crippen LogP contribution in [0, 0.1) is 16.7 Å². The monoisotopic (exact) mass is 803 g/mol. The largest absolute Gasteiger partial charge is 0.493 e. The summed E-state index contributed by atoms with van der Waals surface area (Å²) in [5, 5.41) is 17.2. The fraction of sp³-hybridized carbons (Fsp3) is 0.675. The van der Waals surface area contributed by atoms with Crippen molar-refractivity contribution in [2.75, 3.05) is 33.1 Å². The third-order valence-electron chi connectivity index (χ3n) is 11.3. The SMILES string of the molecule is CCC1CC1(NC(=O)C1CC2CN1C(=O)C(C(C)(C)C)NC(=O)OCC(C)(C)CC=CCOc1c(OC)ccc3c1CN(C3)C(O)O2)C(=O)NS(C)(=O)=C(C)C. The van der Waals surface area contributed by atoms with Crippen molar-refractivity contribution < 1.29 is 47.4 Å². The number of aliphatic hydroxyl groups is 1. The molecule has 4 amide bonds. The van der Waals surface area contributed by atoms with Crippen molar-refractivity contribution in [2.45, 2.75) is 124 Å². The topological polar surface area (TPSA) is 185 Å². The fourth-order valence-corrected chi connectivity index (χ4v) is 8.19. The summed E-state index contributed by atoms with van der Waals surface area (Å²) in [6, 6.07) is 1.51. The van der Waals surface area contributed by atoms with Gasteiger partial charge in [0.25, 0.3) is 5.91 Å². The number of nitrogens with zero attached hydrogens (tertiary/aromatic N) is 2. The van der Waals surface area contributed by atoms with Gasteiger partial charge in [0.05, 0.1) is 19.8 Å². The second-order valence-electron chi connectivity index (χ2n) is 17.6. The van der Waals surface area contributed by atoms with Crippen LogP contribution in [0.25, 0.3) is 0 Å². The van der Waals surface area contributed by atoms with Gasteiger partial charge in [0.1, 0.15) is 24.2 Å². The molecule has 16 heteroatoms. The van der Waals surface area contributed by atoms with Crippen LogP contribution in [-0.2, 0) is 46.7 Å². The molecule has 3 aliphatic heterocycles. The molecule has 5 rings (SSSR count). The number of cyclic esters (lactones) is 1. The van der Waals surface area contributed by atoms with Crippen LogP contribution in [-0.4, -0.2) is 111 Å². The van der Waals surface area contributed by atoms with E-state index in [1.54, 1.807) is 46.6 Å². The number of nitrogens with one attached hydrogen (secondary N) is 3. The van der Waals surface area contributed by atoms with Crippen LogP contribution in [0.4, 0.5) is 4.79 Å². The van der Waals surface area contributed by atoms with Gasteiger partial charge in [-0.05, 0) is 54.5 Å². The van der Waals surface area contributed by atoms with Crippen LogP contribution < -0.4 is 24.8 Å². The van der Waals surface area contributed by atoms with Crippen molar-refractivity contribution in [1.29, 1.82) is 0 Å². The Balaban J connectivity index is 1.47. The van der Waals surface area contributed by atoms with Gasteiger partial charge in [0, 0.05) is 53.0 Å². The van der Waals surface area contributed by atoms with E-state index in [1.807, 2.05) is 45.1 Å². The van der Waals surface area contributed by atoms with E-state index in [1.165, 1.54) is 11.2 Å². The lowest BCUT2D eigenvalue weighted by Gasteiger charge is -2.35. The highest BCUT2D eigenvalue weighted by Gasteiger charge is 2.61. The van der Waals surface area contributed by atoms with Gasteiger partial charge in [-0.2, -0.15) is 0 Å². The molecule has 1 saturated heterocycles. The number of carbonyl (C=O) groups is 4. The van der Waals surface area contributed by atoms with Gasteiger partial charge >= 0.3 is 6.09 Å². The van der Waals surface area contributed by atoms with Crippen LogP contribution >= 0.6 is 0 Å². The van der Waals surface area contributed by atoms with Gasteiger partial charge in [-0.25, -0.2) is 13.9 Å². The summed E-state index contributed by atoms with van der Waals surface area (Å²) in [5.74, 6) is -0.773. The maximum Gasteiger partial charge on any atom is 0.407 e. The van der Waals surface area contributed by atoms with E-state index in [4.69, 9.17) is 18.9 Å². The molecule has 8 atom stereocenters. The first-order valence-corrected chi connectivity index (χ1v) is 21.3. The lowest BCUT2D eigenvalue weighted by atomic mass is 9.85. The molecule has 8 unspecified atom stereocenters. The summed E-state index contributed by atoms with van der Waals surface area (Å²) in [4.78, 5) is 59.6. The molecule has 312 valence electrons. The van der Waals surface area contributed by atoms with E-state index in [2.05, 4.69) is 15.4 Å². The minimum absolute atomic E-state index is 0.000294. The van der Waals surface area contributed by atoms with E-state index in [0.717, 1.165) is 11.1 Å². The van der Waals surface area contributed by atoms with Crippen molar-refractivity contribution >= 4 is 38.4 Å². The second kappa shape index (κ2) is 16.5. The molecular formula is C40H61N5O10S. The summed E-state index contributed by atoms with van der Waals surface area (Å²) < 4.78 is 39.5. The highest BCUT2D eigenvalue weighted by atomic mass is 32.2. The number of methoxy groups -OCH3 is 1. The first kappa shape index (κ1) is 43.3. The summed E-state index contributed by atoms with van der Waals surface area (Å²) >= 11 is 0. The Kier molecular flexibility index (Phi) is 12.8. The van der Waals surface area contributed by atoms with Crippen molar-refractivity contribution in [3.8, 4) is 11.5 Å². The van der Waals surface area contributed by atoms with Gasteiger partial charge in [-0.3, -0.25) is 19.1 Å². The Morgan fingerprint density at radius 1 is 1.12 bits per heavy atom. The average Bonchev–Trinajstić information content (AvgIpc) is 3.41. The maximum atomic E-state index is 14.6. The molecule has 0 radical (unpaired) electrons. The molecule has 4 bridgehead atoms. The zero-order valence-corrected chi connectivity index (χ0v) is 35.3. The molecule has 3 heterocycles. The Morgan fingerprint density at radius 2 is 1.84 bits per heavy atom. The molecular weight excluding hydrogens is 743 g/mol. The maximum absolute atomic E-state index is 14.6. The number of alkyl carbamates (subject to hydrolysis) is 1. The number of hydrogen-bond acceptors (Lipinski definition) is 11. The van der Waals surface area contributed by atoms with E-state index < -0.39 is 74.5 Å². The number of hydrogen-bond donors (Lipinski definition) is 4. The van der Waals surface area contributed by atoms with E-state index in [-0.39, 0.29) is 32.1 Å². The Labute approximate surface area is 331 Å². The third-order valence-corrected chi connectivity index (χ3v) is 13.4. The van der Waals surface area contributed by atoms with Crippen molar-refractivity contribution in [1.82, 2.24) is 25.2 Å². The molecule has 1 aromatic rings. The van der Waals surface area contributed by atoms with Gasteiger partial charge in [-0.1, -0.05) is 66.2 Å². The second-order valence-corrected chi connectivity index (χ2v) is 20.3. The molecule has 2 fully saturated rings. The highest BCUT2D eigenvalue weighted by Crippen LogP contribution is 2.47. The van der Waals surface area contributed by atoms with Crippen molar-refractivity contribution in [3.63, 3.8) is 0 Å². The van der Waals surface area contributed by atoms with E-state index in [9.17, 15) is 28.5 Å². The minimum atomic E-state index is -2.83. The Morgan fingerprint density at radius 3 is 2.46 bits per heavy atom. The first-order valence-electron chi connectivity index (χ1n) is 19.3. The van der Waals surface area contributed by atoms with E-state index >= 15 is 0 Å². The molecule has 1 saturated carbocycles. The fourth-order valence-electron chi connectivity index (χ4n) is 7.45. The quantitative estimate of drug-likeness (QED) is 0.245. The lowest BCUT2D eigenvalue weighted by molar-refractivity contribution is -0.218. The number of benzene rings is 1. The summed E-state index contributed by atoms with van der Waals surface area (Å²) in [6.07, 6.45) is 3.81.